The van der Waals surface area contributed by atoms with Gasteiger partial charge in [-0.05, 0) is 38.2 Å². The van der Waals surface area contributed by atoms with Crippen LogP contribution in [-0.2, 0) is 0 Å². The average molecular weight is 398 g/mol. The molecule has 0 unspecified atom stereocenters. The Balaban J connectivity index is 1.54. The molecule has 152 valence electrons. The van der Waals surface area contributed by atoms with E-state index < -0.39 is 5.82 Å². The summed E-state index contributed by atoms with van der Waals surface area (Å²) in [5.74, 6) is -0.0756. The fourth-order valence-electron chi connectivity index (χ4n) is 3.28. The van der Waals surface area contributed by atoms with E-state index in [0.717, 1.165) is 18.5 Å². The highest BCUT2D eigenvalue weighted by atomic mass is 19.1. The Kier molecular flexibility index (Phi) is 5.30. The van der Waals surface area contributed by atoms with Gasteiger partial charge in [0.05, 0.1) is 17.7 Å². The van der Waals surface area contributed by atoms with Crippen LogP contribution in [0.4, 0.5) is 16.0 Å². The van der Waals surface area contributed by atoms with E-state index in [9.17, 15) is 9.18 Å². The normalized spacial score (nSPS) is 14.9. The Morgan fingerprint density at radius 1 is 1.24 bits per heavy atom. The number of likely N-dealkylation sites (N-methyl/N-ethyl adjacent to an activating group) is 1. The van der Waals surface area contributed by atoms with E-state index in [2.05, 4.69) is 25.2 Å². The molecule has 3 aromatic rings. The molecule has 1 aliphatic rings. The molecule has 1 saturated heterocycles. The molecule has 2 N–H and O–H groups in total. The zero-order valence-corrected chi connectivity index (χ0v) is 16.4. The molecule has 29 heavy (non-hydrogen) atoms. The summed E-state index contributed by atoms with van der Waals surface area (Å²) in [5.41, 5.74) is 1.11. The number of halogens is 1. The number of amides is 1. The standard InChI is InChI=1S/C20H23FN6O2/c1-3-29-18-14-6-7-22-17(14)24-20(25-18)23-16-5-4-13(12-15(16)21)19(28)27-10-8-26(2)9-11-27/h4-7,12H,3,8-11H2,1-2H3,(H2,22,23,24,25). The number of nitrogens with one attached hydrogen (secondary N) is 2. The van der Waals surface area contributed by atoms with Gasteiger partial charge in [-0.1, -0.05) is 0 Å². The van der Waals surface area contributed by atoms with Gasteiger partial charge in [-0.25, -0.2) is 4.39 Å². The number of aromatic nitrogens is 3. The number of ether oxygens (including phenoxy) is 1. The fourth-order valence-corrected chi connectivity index (χ4v) is 3.28. The molecule has 0 atom stereocenters. The predicted octanol–water partition coefficient (Wildman–Crippen LogP) is 2.63. The van der Waals surface area contributed by atoms with Crippen LogP contribution in [0.3, 0.4) is 0 Å². The minimum absolute atomic E-state index is 0.161. The van der Waals surface area contributed by atoms with Gasteiger partial charge in [-0.15, -0.1) is 0 Å². The summed E-state index contributed by atoms with van der Waals surface area (Å²) in [6.45, 7) is 5.23. The Bertz CT molecular complexity index is 1030. The van der Waals surface area contributed by atoms with Crippen molar-refractivity contribution in [3.8, 4) is 5.88 Å². The lowest BCUT2D eigenvalue weighted by atomic mass is 10.1. The third-order valence-electron chi connectivity index (χ3n) is 4.91. The monoisotopic (exact) mass is 398 g/mol. The number of anilines is 2. The van der Waals surface area contributed by atoms with Crippen LogP contribution in [0.2, 0.25) is 0 Å². The van der Waals surface area contributed by atoms with Crippen molar-refractivity contribution in [1.82, 2.24) is 24.8 Å². The molecule has 1 aromatic carbocycles. The van der Waals surface area contributed by atoms with Crippen LogP contribution >= 0.6 is 0 Å². The van der Waals surface area contributed by atoms with Crippen molar-refractivity contribution in [3.05, 3.63) is 41.8 Å². The average Bonchev–Trinajstić information content (AvgIpc) is 3.19. The molecule has 3 heterocycles. The van der Waals surface area contributed by atoms with Gasteiger partial charge in [-0.2, -0.15) is 9.97 Å². The van der Waals surface area contributed by atoms with Gasteiger partial charge in [-0.3, -0.25) is 4.79 Å². The molecule has 4 rings (SSSR count). The minimum Gasteiger partial charge on any atom is -0.477 e. The molecule has 1 fully saturated rings. The molecule has 0 spiro atoms. The van der Waals surface area contributed by atoms with Crippen LogP contribution in [0.25, 0.3) is 11.0 Å². The van der Waals surface area contributed by atoms with Crippen LogP contribution in [0.5, 0.6) is 5.88 Å². The van der Waals surface area contributed by atoms with Gasteiger partial charge >= 0.3 is 0 Å². The number of hydrogen-bond acceptors (Lipinski definition) is 6. The van der Waals surface area contributed by atoms with Crippen molar-refractivity contribution in [2.45, 2.75) is 6.92 Å². The summed E-state index contributed by atoms with van der Waals surface area (Å²) in [6.07, 6.45) is 1.74. The summed E-state index contributed by atoms with van der Waals surface area (Å²) in [6, 6.07) is 6.22. The molecule has 0 bridgehead atoms. The summed E-state index contributed by atoms with van der Waals surface area (Å²) < 4.78 is 20.2. The van der Waals surface area contributed by atoms with Crippen LogP contribution in [0.15, 0.2) is 30.5 Å². The molecule has 0 radical (unpaired) electrons. The maximum Gasteiger partial charge on any atom is 0.254 e. The number of carbonyl (C=O) groups excluding carboxylic acids is 1. The van der Waals surface area contributed by atoms with Crippen molar-refractivity contribution >= 4 is 28.6 Å². The minimum atomic E-state index is -0.543. The number of rotatable bonds is 5. The lowest BCUT2D eigenvalue weighted by molar-refractivity contribution is 0.0663. The summed E-state index contributed by atoms with van der Waals surface area (Å²) in [4.78, 5) is 28.2. The molecule has 2 aromatic heterocycles. The number of hydrogen-bond donors (Lipinski definition) is 2. The first-order valence-electron chi connectivity index (χ1n) is 9.57. The SMILES string of the molecule is CCOc1nc(Nc2ccc(C(=O)N3CCN(C)CC3)cc2F)nc2[nH]ccc12. The maximum atomic E-state index is 14.7. The van der Waals surface area contributed by atoms with Gasteiger partial charge < -0.3 is 24.8 Å². The van der Waals surface area contributed by atoms with Gasteiger partial charge in [0.25, 0.3) is 5.91 Å². The molecular formula is C20H23FN6O2. The summed E-state index contributed by atoms with van der Waals surface area (Å²) in [7, 11) is 2.02. The molecule has 1 amide bonds. The lowest BCUT2D eigenvalue weighted by Crippen LogP contribution is -2.47. The van der Waals surface area contributed by atoms with Gasteiger partial charge in [0.2, 0.25) is 11.8 Å². The number of piperazine rings is 1. The van der Waals surface area contributed by atoms with E-state index in [1.807, 2.05) is 20.0 Å². The summed E-state index contributed by atoms with van der Waals surface area (Å²) in [5, 5.41) is 3.63. The van der Waals surface area contributed by atoms with E-state index >= 15 is 0 Å². The zero-order valence-electron chi connectivity index (χ0n) is 16.4. The quantitative estimate of drug-likeness (QED) is 0.687. The van der Waals surface area contributed by atoms with Crippen molar-refractivity contribution in [1.29, 1.82) is 0 Å². The second-order valence-corrected chi connectivity index (χ2v) is 6.94. The number of fused-ring (bicyclic) bond motifs is 1. The topological polar surface area (TPSA) is 86.4 Å². The molecular weight excluding hydrogens is 375 g/mol. The Morgan fingerprint density at radius 3 is 2.76 bits per heavy atom. The number of benzene rings is 1. The highest BCUT2D eigenvalue weighted by Gasteiger charge is 2.21. The number of aromatic amines is 1. The van der Waals surface area contributed by atoms with Gasteiger partial charge in [0.15, 0.2) is 0 Å². The lowest BCUT2D eigenvalue weighted by Gasteiger charge is -2.32. The molecule has 1 aliphatic heterocycles. The second kappa shape index (κ2) is 8.04. The Hall–Kier alpha value is -3.20. The third kappa shape index (κ3) is 4.00. The van der Waals surface area contributed by atoms with Crippen molar-refractivity contribution in [2.75, 3.05) is 45.2 Å². The Labute approximate surface area is 167 Å². The van der Waals surface area contributed by atoms with Crippen molar-refractivity contribution < 1.29 is 13.9 Å². The molecule has 0 aliphatic carbocycles. The predicted molar refractivity (Wildman–Crippen MR) is 108 cm³/mol. The highest BCUT2D eigenvalue weighted by Crippen LogP contribution is 2.26. The van der Waals surface area contributed by atoms with E-state index in [4.69, 9.17) is 4.74 Å². The van der Waals surface area contributed by atoms with Gasteiger partial charge in [0.1, 0.15) is 11.5 Å². The van der Waals surface area contributed by atoms with E-state index in [-0.39, 0.29) is 17.5 Å². The van der Waals surface area contributed by atoms with E-state index in [0.29, 0.717) is 36.8 Å². The van der Waals surface area contributed by atoms with Crippen LogP contribution in [0, 0.1) is 5.82 Å². The first-order chi connectivity index (χ1) is 14.0. The van der Waals surface area contributed by atoms with Crippen molar-refractivity contribution in [2.24, 2.45) is 0 Å². The van der Waals surface area contributed by atoms with Crippen LogP contribution < -0.4 is 10.1 Å². The number of H-pyrrole nitrogens is 1. The van der Waals surface area contributed by atoms with E-state index in [1.165, 1.54) is 12.1 Å². The Morgan fingerprint density at radius 2 is 2.03 bits per heavy atom. The molecule has 8 nitrogen and oxygen atoms in total. The first-order valence-corrected chi connectivity index (χ1v) is 9.57. The second-order valence-electron chi connectivity index (χ2n) is 6.94. The highest BCUT2D eigenvalue weighted by molar-refractivity contribution is 5.94. The van der Waals surface area contributed by atoms with E-state index in [1.54, 1.807) is 17.2 Å². The van der Waals surface area contributed by atoms with Crippen LogP contribution in [-0.4, -0.2) is 70.5 Å². The maximum absolute atomic E-state index is 14.7. The molecule has 9 heteroatoms. The van der Waals surface area contributed by atoms with Crippen molar-refractivity contribution in [3.63, 3.8) is 0 Å². The van der Waals surface area contributed by atoms with Gasteiger partial charge in [0, 0.05) is 37.9 Å². The molecule has 0 saturated carbocycles. The van der Waals surface area contributed by atoms with Crippen LogP contribution in [0.1, 0.15) is 17.3 Å². The summed E-state index contributed by atoms with van der Waals surface area (Å²) >= 11 is 0. The largest absolute Gasteiger partial charge is 0.477 e. The first kappa shape index (κ1) is 19.1. The fraction of sp³-hybridized carbons (Fsp3) is 0.350. The third-order valence-corrected chi connectivity index (χ3v) is 4.91. The smallest absolute Gasteiger partial charge is 0.254 e. The number of carbonyl (C=O) groups is 1. The zero-order chi connectivity index (χ0) is 20.4. The number of nitrogens with zero attached hydrogens (tertiary/aromatic N) is 4.